The van der Waals surface area contributed by atoms with E-state index in [0.29, 0.717) is 33.9 Å². The van der Waals surface area contributed by atoms with Gasteiger partial charge in [0.2, 0.25) is 5.91 Å². The molecule has 0 aliphatic rings. The summed E-state index contributed by atoms with van der Waals surface area (Å²) in [6, 6.07) is 14.1. The van der Waals surface area contributed by atoms with Gasteiger partial charge >= 0.3 is 0 Å². The number of fused-ring (bicyclic) bond motifs is 1. The zero-order valence-corrected chi connectivity index (χ0v) is 18.7. The Morgan fingerprint density at radius 1 is 1.06 bits per heavy atom. The number of Topliss-reactive ketones (excluding diaryl/α,β-unsaturated/α-hetero) is 1. The maximum absolute atomic E-state index is 13.0. The van der Waals surface area contributed by atoms with E-state index in [2.05, 4.69) is 17.2 Å². The Bertz CT molecular complexity index is 1140. The van der Waals surface area contributed by atoms with Gasteiger partial charge in [-0.1, -0.05) is 62.2 Å². The quantitative estimate of drug-likeness (QED) is 0.211. The molecule has 6 nitrogen and oxygen atoms in total. The average Bonchev–Trinajstić information content (AvgIpc) is 2.77. The van der Waals surface area contributed by atoms with Gasteiger partial charge in [-0.2, -0.15) is 0 Å². The molecule has 3 aromatic rings. The monoisotopic (exact) mass is 437 g/mol. The molecule has 0 unspecified atom stereocenters. The lowest BCUT2D eigenvalue weighted by molar-refractivity contribution is -0.113. The number of carbonyl (C=O) groups is 2. The summed E-state index contributed by atoms with van der Waals surface area (Å²) in [6.45, 7) is 4.22. The second-order valence-corrected chi connectivity index (χ2v) is 8.35. The van der Waals surface area contributed by atoms with Crippen LogP contribution in [0.5, 0.6) is 0 Å². The fraction of sp³-hybridized carbons (Fsp3) is 0.333. The molecule has 1 aromatic heterocycles. The molecule has 1 heterocycles. The third kappa shape index (κ3) is 6.04. The number of rotatable bonds is 10. The molecule has 0 radical (unpaired) electrons. The number of carbonyl (C=O) groups excluding carboxylic acids is 2. The molecule has 0 aliphatic heterocycles. The molecule has 31 heavy (non-hydrogen) atoms. The fourth-order valence-electron chi connectivity index (χ4n) is 3.29. The third-order valence-electron chi connectivity index (χ3n) is 4.95. The molecule has 3 rings (SSSR count). The van der Waals surface area contributed by atoms with Crippen LogP contribution in [0.4, 0.5) is 5.69 Å². The topological polar surface area (TPSA) is 81.1 Å². The molecule has 0 fully saturated rings. The van der Waals surface area contributed by atoms with Crippen molar-refractivity contribution in [1.82, 2.24) is 9.55 Å². The van der Waals surface area contributed by atoms with Crippen LogP contribution in [-0.4, -0.2) is 27.0 Å². The van der Waals surface area contributed by atoms with E-state index in [1.165, 1.54) is 18.7 Å². The molecule has 0 atom stereocenters. The van der Waals surface area contributed by atoms with Gasteiger partial charge in [0.15, 0.2) is 10.9 Å². The van der Waals surface area contributed by atoms with Crippen molar-refractivity contribution in [2.75, 3.05) is 11.1 Å². The van der Waals surface area contributed by atoms with Crippen molar-refractivity contribution in [3.8, 4) is 0 Å². The molecule has 1 amide bonds. The summed E-state index contributed by atoms with van der Waals surface area (Å²) in [4.78, 5) is 41.7. The van der Waals surface area contributed by atoms with Gasteiger partial charge in [-0.05, 0) is 37.6 Å². The van der Waals surface area contributed by atoms with Gasteiger partial charge in [0.05, 0.1) is 16.7 Å². The summed E-state index contributed by atoms with van der Waals surface area (Å²) < 4.78 is 1.69. The molecule has 0 spiro atoms. The number of hydrogen-bond acceptors (Lipinski definition) is 5. The summed E-state index contributed by atoms with van der Waals surface area (Å²) >= 11 is 1.25. The maximum atomic E-state index is 13.0. The highest BCUT2D eigenvalue weighted by Crippen LogP contribution is 2.19. The standard InChI is InChI=1S/C24H27N3O3S/c1-3-4-5-8-14-27-23(30)20-12-6-7-13-21(20)26-24(27)31-16-22(29)25-19-11-9-10-18(15-19)17(2)28/h6-7,9-13,15H,3-5,8,14,16H2,1-2H3,(H,25,29). The summed E-state index contributed by atoms with van der Waals surface area (Å²) in [5, 5.41) is 3.95. The summed E-state index contributed by atoms with van der Waals surface area (Å²) in [5.74, 6) is -0.159. The first kappa shape index (κ1) is 22.7. The van der Waals surface area contributed by atoms with Gasteiger partial charge in [0, 0.05) is 17.8 Å². The van der Waals surface area contributed by atoms with Crippen LogP contribution >= 0.6 is 11.8 Å². The first-order chi connectivity index (χ1) is 15.0. The van der Waals surface area contributed by atoms with E-state index in [4.69, 9.17) is 0 Å². The normalized spacial score (nSPS) is 10.9. The Hall–Kier alpha value is -2.93. The molecule has 7 heteroatoms. The van der Waals surface area contributed by atoms with Crippen molar-refractivity contribution >= 4 is 40.0 Å². The summed E-state index contributed by atoms with van der Waals surface area (Å²) in [7, 11) is 0. The summed E-state index contributed by atoms with van der Waals surface area (Å²) in [5.41, 5.74) is 1.68. The second kappa shape index (κ2) is 10.9. The molecule has 0 saturated heterocycles. The van der Waals surface area contributed by atoms with Gasteiger partial charge in [-0.3, -0.25) is 19.0 Å². The van der Waals surface area contributed by atoms with Crippen molar-refractivity contribution in [2.45, 2.75) is 51.2 Å². The van der Waals surface area contributed by atoms with E-state index in [0.717, 1.165) is 25.7 Å². The third-order valence-corrected chi connectivity index (χ3v) is 5.92. The van der Waals surface area contributed by atoms with E-state index in [1.807, 2.05) is 18.2 Å². The number of benzene rings is 2. The number of thioether (sulfide) groups is 1. The van der Waals surface area contributed by atoms with Gasteiger partial charge in [0.25, 0.3) is 5.56 Å². The number of nitrogens with zero attached hydrogens (tertiary/aromatic N) is 2. The zero-order chi connectivity index (χ0) is 22.2. The van der Waals surface area contributed by atoms with Gasteiger partial charge < -0.3 is 5.32 Å². The molecular weight excluding hydrogens is 410 g/mol. The van der Waals surface area contributed by atoms with Gasteiger partial charge in [-0.15, -0.1) is 0 Å². The molecule has 0 saturated carbocycles. The first-order valence-electron chi connectivity index (χ1n) is 10.5. The van der Waals surface area contributed by atoms with Crippen LogP contribution in [0.1, 0.15) is 49.9 Å². The lowest BCUT2D eigenvalue weighted by Gasteiger charge is -2.13. The van der Waals surface area contributed by atoms with Crippen molar-refractivity contribution in [2.24, 2.45) is 0 Å². The van der Waals surface area contributed by atoms with Crippen LogP contribution < -0.4 is 10.9 Å². The Labute approximate surface area is 186 Å². The van der Waals surface area contributed by atoms with Crippen LogP contribution in [0, 0.1) is 0 Å². The number of unbranched alkanes of at least 4 members (excludes halogenated alkanes) is 3. The van der Waals surface area contributed by atoms with Crippen LogP contribution in [0.3, 0.4) is 0 Å². The predicted molar refractivity (Wildman–Crippen MR) is 126 cm³/mol. The molecule has 162 valence electrons. The molecular formula is C24H27N3O3S. The Morgan fingerprint density at radius 3 is 2.65 bits per heavy atom. The highest BCUT2D eigenvalue weighted by molar-refractivity contribution is 7.99. The van der Waals surface area contributed by atoms with Crippen LogP contribution in [0.2, 0.25) is 0 Å². The number of ketones is 1. The van der Waals surface area contributed by atoms with Gasteiger partial charge in [0.1, 0.15) is 0 Å². The Morgan fingerprint density at radius 2 is 1.87 bits per heavy atom. The van der Waals surface area contributed by atoms with Crippen molar-refractivity contribution in [3.63, 3.8) is 0 Å². The lowest BCUT2D eigenvalue weighted by atomic mass is 10.1. The van der Waals surface area contributed by atoms with E-state index in [-0.39, 0.29) is 23.0 Å². The van der Waals surface area contributed by atoms with Gasteiger partial charge in [-0.25, -0.2) is 4.98 Å². The van der Waals surface area contributed by atoms with Crippen molar-refractivity contribution in [1.29, 1.82) is 0 Å². The highest BCUT2D eigenvalue weighted by atomic mass is 32.2. The van der Waals surface area contributed by atoms with Crippen LogP contribution in [0.15, 0.2) is 58.5 Å². The minimum Gasteiger partial charge on any atom is -0.325 e. The largest absolute Gasteiger partial charge is 0.325 e. The first-order valence-corrected chi connectivity index (χ1v) is 11.5. The van der Waals surface area contributed by atoms with E-state index >= 15 is 0 Å². The second-order valence-electron chi connectivity index (χ2n) is 7.40. The SMILES string of the molecule is CCCCCCn1c(SCC(=O)Nc2cccc(C(C)=O)c2)nc2ccccc2c1=O. The lowest BCUT2D eigenvalue weighted by Crippen LogP contribution is -2.24. The van der Waals surface area contributed by atoms with E-state index < -0.39 is 0 Å². The van der Waals surface area contributed by atoms with E-state index in [9.17, 15) is 14.4 Å². The van der Waals surface area contributed by atoms with E-state index in [1.54, 1.807) is 34.9 Å². The maximum Gasteiger partial charge on any atom is 0.262 e. The fourth-order valence-corrected chi connectivity index (χ4v) is 4.12. The number of aromatic nitrogens is 2. The van der Waals surface area contributed by atoms with Crippen LogP contribution in [-0.2, 0) is 11.3 Å². The predicted octanol–water partition coefficient (Wildman–Crippen LogP) is 4.91. The zero-order valence-electron chi connectivity index (χ0n) is 17.9. The number of nitrogens with one attached hydrogen (secondary N) is 1. The average molecular weight is 438 g/mol. The molecule has 1 N–H and O–H groups in total. The Balaban J connectivity index is 1.76. The Kier molecular flexibility index (Phi) is 8.00. The number of amides is 1. The van der Waals surface area contributed by atoms with Crippen molar-refractivity contribution < 1.29 is 9.59 Å². The minimum absolute atomic E-state index is 0.0575. The number of hydrogen-bond donors (Lipinski definition) is 1. The molecule has 0 aliphatic carbocycles. The van der Waals surface area contributed by atoms with Crippen molar-refractivity contribution in [3.05, 3.63) is 64.4 Å². The van der Waals surface area contributed by atoms with Crippen LogP contribution in [0.25, 0.3) is 10.9 Å². The minimum atomic E-state index is -0.217. The molecule has 0 bridgehead atoms. The number of anilines is 1. The number of para-hydroxylation sites is 1. The smallest absolute Gasteiger partial charge is 0.262 e. The molecule has 2 aromatic carbocycles. The summed E-state index contributed by atoms with van der Waals surface area (Å²) in [6.07, 6.45) is 4.19. The highest BCUT2D eigenvalue weighted by Gasteiger charge is 2.13.